The standard InChI is InChI=1S/C21H17N3O4S2/c1-2-23-20(26)18(30-21(23)29)13-15-6-9-16(10-7-15)22-19(25)11-8-14-4-3-5-17(12-14)24(27)28/h3-13H,2H2,1H3,(H,22,25)/b11-8+,18-13+. The molecule has 0 bridgehead atoms. The lowest BCUT2D eigenvalue weighted by atomic mass is 10.1. The molecule has 2 aromatic rings. The maximum atomic E-state index is 12.3. The third-order valence-corrected chi connectivity index (χ3v) is 5.55. The van der Waals surface area contributed by atoms with Gasteiger partial charge in [-0.2, -0.15) is 0 Å². The predicted molar refractivity (Wildman–Crippen MR) is 123 cm³/mol. The van der Waals surface area contributed by atoms with E-state index in [1.165, 1.54) is 36.0 Å². The van der Waals surface area contributed by atoms with E-state index < -0.39 is 4.92 Å². The lowest BCUT2D eigenvalue weighted by Crippen LogP contribution is -2.27. The molecule has 1 aliphatic heterocycles. The summed E-state index contributed by atoms with van der Waals surface area (Å²) in [5.74, 6) is -0.464. The van der Waals surface area contributed by atoms with Crippen LogP contribution >= 0.6 is 24.0 Å². The van der Waals surface area contributed by atoms with Crippen LogP contribution in [0.1, 0.15) is 18.1 Å². The second kappa shape index (κ2) is 9.47. The maximum absolute atomic E-state index is 12.3. The second-order valence-corrected chi connectivity index (χ2v) is 7.90. The van der Waals surface area contributed by atoms with Crippen LogP contribution in [0.2, 0.25) is 0 Å². The number of hydrogen-bond donors (Lipinski definition) is 1. The Hall–Kier alpha value is -3.30. The Morgan fingerprint density at radius 1 is 1.23 bits per heavy atom. The number of hydrogen-bond acceptors (Lipinski definition) is 6. The van der Waals surface area contributed by atoms with E-state index in [-0.39, 0.29) is 17.5 Å². The van der Waals surface area contributed by atoms with Crippen molar-refractivity contribution in [1.29, 1.82) is 0 Å². The van der Waals surface area contributed by atoms with Crippen LogP contribution in [0.3, 0.4) is 0 Å². The first kappa shape index (κ1) is 21.4. The highest BCUT2D eigenvalue weighted by Crippen LogP contribution is 2.32. The summed E-state index contributed by atoms with van der Waals surface area (Å²) in [5.41, 5.74) is 1.92. The molecule has 2 aromatic carbocycles. The van der Waals surface area contributed by atoms with Gasteiger partial charge < -0.3 is 5.32 Å². The zero-order valence-corrected chi connectivity index (χ0v) is 17.5. The Bertz CT molecular complexity index is 1080. The van der Waals surface area contributed by atoms with Crippen molar-refractivity contribution in [1.82, 2.24) is 4.90 Å². The molecule has 0 spiro atoms. The number of thiocarbonyl (C=S) groups is 1. The molecular weight excluding hydrogens is 422 g/mol. The fourth-order valence-corrected chi connectivity index (χ4v) is 4.07. The average molecular weight is 440 g/mol. The predicted octanol–water partition coefficient (Wildman–Crippen LogP) is 4.47. The number of amides is 2. The molecule has 0 atom stereocenters. The molecule has 0 aliphatic carbocycles. The van der Waals surface area contributed by atoms with Gasteiger partial charge in [-0.3, -0.25) is 24.6 Å². The summed E-state index contributed by atoms with van der Waals surface area (Å²) in [4.78, 5) is 36.8. The highest BCUT2D eigenvalue weighted by atomic mass is 32.2. The van der Waals surface area contributed by atoms with Crippen molar-refractivity contribution >= 4 is 63.6 Å². The smallest absolute Gasteiger partial charge is 0.270 e. The van der Waals surface area contributed by atoms with E-state index in [0.717, 1.165) is 5.56 Å². The summed E-state index contributed by atoms with van der Waals surface area (Å²) in [7, 11) is 0. The summed E-state index contributed by atoms with van der Waals surface area (Å²) in [6, 6.07) is 13.0. The van der Waals surface area contributed by atoms with Crippen LogP contribution < -0.4 is 5.32 Å². The van der Waals surface area contributed by atoms with Gasteiger partial charge in [-0.05, 0) is 42.3 Å². The molecule has 3 rings (SSSR count). The molecule has 7 nitrogen and oxygen atoms in total. The zero-order chi connectivity index (χ0) is 21.7. The Kier molecular flexibility index (Phi) is 6.76. The van der Waals surface area contributed by atoms with E-state index in [1.807, 2.05) is 6.92 Å². The SMILES string of the molecule is CCN1C(=O)/C(=C\c2ccc(NC(=O)/C=C/c3cccc([N+](=O)[O-])c3)cc2)SC1=S. The van der Waals surface area contributed by atoms with Gasteiger partial charge in [0.05, 0.1) is 9.83 Å². The van der Waals surface area contributed by atoms with Crippen molar-refractivity contribution in [2.45, 2.75) is 6.92 Å². The molecule has 1 N–H and O–H groups in total. The molecule has 9 heteroatoms. The number of benzene rings is 2. The molecular formula is C21H17N3O4S2. The fraction of sp³-hybridized carbons (Fsp3) is 0.0952. The van der Waals surface area contributed by atoms with Crippen molar-refractivity contribution in [2.24, 2.45) is 0 Å². The molecule has 0 saturated carbocycles. The van der Waals surface area contributed by atoms with Crippen LogP contribution in [-0.2, 0) is 9.59 Å². The molecule has 152 valence electrons. The van der Waals surface area contributed by atoms with Crippen molar-refractivity contribution in [3.63, 3.8) is 0 Å². The zero-order valence-electron chi connectivity index (χ0n) is 15.9. The van der Waals surface area contributed by atoms with E-state index in [9.17, 15) is 19.7 Å². The molecule has 2 amide bonds. The number of anilines is 1. The number of rotatable bonds is 6. The minimum absolute atomic E-state index is 0.0380. The van der Waals surface area contributed by atoms with Crippen LogP contribution in [0.25, 0.3) is 12.2 Å². The first-order valence-electron chi connectivity index (χ1n) is 8.96. The van der Waals surface area contributed by atoms with Crippen LogP contribution in [0.5, 0.6) is 0 Å². The monoisotopic (exact) mass is 439 g/mol. The first-order valence-corrected chi connectivity index (χ1v) is 10.2. The molecule has 0 aromatic heterocycles. The van der Waals surface area contributed by atoms with E-state index in [2.05, 4.69) is 5.32 Å². The van der Waals surface area contributed by atoms with E-state index in [4.69, 9.17) is 12.2 Å². The minimum Gasteiger partial charge on any atom is -0.323 e. The van der Waals surface area contributed by atoms with E-state index >= 15 is 0 Å². The number of non-ortho nitro benzene ring substituents is 1. The van der Waals surface area contributed by atoms with E-state index in [1.54, 1.807) is 47.4 Å². The minimum atomic E-state index is -0.487. The van der Waals surface area contributed by atoms with Gasteiger partial charge in [0.1, 0.15) is 4.32 Å². The van der Waals surface area contributed by atoms with Gasteiger partial charge in [-0.15, -0.1) is 0 Å². The highest BCUT2D eigenvalue weighted by molar-refractivity contribution is 8.26. The van der Waals surface area contributed by atoms with Crippen molar-refractivity contribution in [3.8, 4) is 0 Å². The number of nitro benzene ring substituents is 1. The molecule has 1 heterocycles. The molecule has 1 aliphatic rings. The number of carbonyl (C=O) groups is 2. The summed E-state index contributed by atoms with van der Waals surface area (Å²) in [5, 5.41) is 13.5. The summed E-state index contributed by atoms with van der Waals surface area (Å²) in [6.45, 7) is 2.41. The number of nitro groups is 1. The normalized spacial score (nSPS) is 15.2. The van der Waals surface area contributed by atoms with Crippen molar-refractivity contribution in [2.75, 3.05) is 11.9 Å². The third kappa shape index (κ3) is 5.19. The van der Waals surface area contributed by atoms with Gasteiger partial charge in [0.15, 0.2) is 0 Å². The fourth-order valence-electron chi connectivity index (χ4n) is 2.68. The molecule has 1 saturated heterocycles. The summed E-state index contributed by atoms with van der Waals surface area (Å²) >= 11 is 6.47. The number of thioether (sulfide) groups is 1. The molecule has 0 unspecified atom stereocenters. The maximum Gasteiger partial charge on any atom is 0.270 e. The van der Waals surface area contributed by atoms with Gasteiger partial charge >= 0.3 is 0 Å². The number of likely N-dealkylation sites (N-methyl/N-ethyl adjacent to an activating group) is 1. The summed E-state index contributed by atoms with van der Waals surface area (Å²) < 4.78 is 0.549. The molecule has 0 radical (unpaired) electrons. The van der Waals surface area contributed by atoms with Gasteiger partial charge in [0.2, 0.25) is 5.91 Å². The van der Waals surface area contributed by atoms with Gasteiger partial charge in [-0.25, -0.2) is 0 Å². The Morgan fingerprint density at radius 3 is 2.60 bits per heavy atom. The van der Waals surface area contributed by atoms with Gasteiger partial charge in [-0.1, -0.05) is 48.2 Å². The number of nitrogens with one attached hydrogen (secondary N) is 1. The van der Waals surface area contributed by atoms with Gasteiger partial charge in [0.25, 0.3) is 11.6 Å². The van der Waals surface area contributed by atoms with Crippen LogP contribution in [-0.4, -0.2) is 32.5 Å². The van der Waals surface area contributed by atoms with Crippen molar-refractivity contribution in [3.05, 3.63) is 80.8 Å². The van der Waals surface area contributed by atoms with Crippen LogP contribution in [0.4, 0.5) is 11.4 Å². The highest BCUT2D eigenvalue weighted by Gasteiger charge is 2.30. The second-order valence-electron chi connectivity index (χ2n) is 6.22. The largest absolute Gasteiger partial charge is 0.323 e. The lowest BCUT2D eigenvalue weighted by Gasteiger charge is -2.09. The van der Waals surface area contributed by atoms with E-state index in [0.29, 0.717) is 27.0 Å². The van der Waals surface area contributed by atoms with Crippen LogP contribution in [0.15, 0.2) is 59.5 Å². The lowest BCUT2D eigenvalue weighted by molar-refractivity contribution is -0.384. The Morgan fingerprint density at radius 2 is 1.97 bits per heavy atom. The van der Waals surface area contributed by atoms with Gasteiger partial charge in [0, 0.05) is 30.4 Å². The van der Waals surface area contributed by atoms with Crippen molar-refractivity contribution < 1.29 is 14.5 Å². The number of carbonyl (C=O) groups excluding carboxylic acids is 2. The summed E-state index contributed by atoms with van der Waals surface area (Å²) in [6.07, 6.45) is 4.58. The Labute approximate surface area is 182 Å². The number of nitrogens with zero attached hydrogens (tertiary/aromatic N) is 2. The first-order chi connectivity index (χ1) is 14.4. The van der Waals surface area contributed by atoms with Crippen LogP contribution in [0, 0.1) is 10.1 Å². The molecule has 30 heavy (non-hydrogen) atoms. The third-order valence-electron chi connectivity index (χ3n) is 4.17. The average Bonchev–Trinajstić information content (AvgIpc) is 3.00. The Balaban J connectivity index is 1.63. The quantitative estimate of drug-likeness (QED) is 0.309. The topological polar surface area (TPSA) is 92.6 Å². The molecule has 1 fully saturated rings.